The van der Waals surface area contributed by atoms with Crippen molar-refractivity contribution in [3.63, 3.8) is 0 Å². The molecule has 0 unspecified atom stereocenters. The van der Waals surface area contributed by atoms with Crippen LogP contribution in [0.25, 0.3) is 22.3 Å². The Bertz CT molecular complexity index is 997. The molecule has 116 valence electrons. The number of furan rings is 1. The van der Waals surface area contributed by atoms with E-state index < -0.39 is 0 Å². The second-order valence-electron chi connectivity index (χ2n) is 5.81. The third-order valence-electron chi connectivity index (χ3n) is 4.22. The number of carbonyl (C=O) groups excluding carboxylic acids is 1. The van der Waals surface area contributed by atoms with Gasteiger partial charge in [-0.05, 0) is 17.2 Å². The molecule has 4 aromatic rings. The predicted molar refractivity (Wildman–Crippen MR) is 96.3 cm³/mol. The second kappa shape index (κ2) is 6.17. The minimum Gasteiger partial charge on any atom is -0.456 e. The highest BCUT2D eigenvalue weighted by molar-refractivity contribution is 5.91. The maximum Gasteiger partial charge on any atom is 0.150 e. The van der Waals surface area contributed by atoms with Crippen molar-refractivity contribution >= 4 is 17.3 Å². The van der Waals surface area contributed by atoms with Crippen LogP contribution in [-0.4, -0.2) is 6.29 Å². The number of hydrogen-bond acceptors (Lipinski definition) is 2. The average Bonchev–Trinajstić information content (AvgIpc) is 3.08. The van der Waals surface area contributed by atoms with Gasteiger partial charge in [0.05, 0.1) is 0 Å². The largest absolute Gasteiger partial charge is 0.456 e. The molecule has 3 aromatic carbocycles. The van der Waals surface area contributed by atoms with Gasteiger partial charge in [0.1, 0.15) is 11.3 Å². The molecule has 1 aromatic heterocycles. The van der Waals surface area contributed by atoms with Crippen LogP contribution in [0.5, 0.6) is 0 Å². The Morgan fingerprint density at radius 3 is 2.46 bits per heavy atom. The van der Waals surface area contributed by atoms with E-state index in [0.29, 0.717) is 5.56 Å². The van der Waals surface area contributed by atoms with Crippen LogP contribution in [0, 0.1) is 0 Å². The molecule has 4 rings (SSSR count). The lowest BCUT2D eigenvalue weighted by Gasteiger charge is -2.03. The Morgan fingerprint density at radius 2 is 1.62 bits per heavy atom. The second-order valence-corrected chi connectivity index (χ2v) is 5.81. The zero-order valence-corrected chi connectivity index (χ0v) is 13.1. The van der Waals surface area contributed by atoms with E-state index >= 15 is 0 Å². The highest BCUT2D eigenvalue weighted by atomic mass is 16.3. The quantitative estimate of drug-likeness (QED) is 0.466. The van der Waals surface area contributed by atoms with Gasteiger partial charge in [0.25, 0.3) is 0 Å². The van der Waals surface area contributed by atoms with Crippen molar-refractivity contribution in [2.45, 2.75) is 6.42 Å². The van der Waals surface area contributed by atoms with Gasteiger partial charge >= 0.3 is 0 Å². The summed E-state index contributed by atoms with van der Waals surface area (Å²) in [5, 5.41) is 1.05. The molecule has 0 aliphatic rings. The van der Waals surface area contributed by atoms with Crippen LogP contribution in [0.3, 0.4) is 0 Å². The predicted octanol–water partition coefficient (Wildman–Crippen LogP) is 5.50. The maximum absolute atomic E-state index is 11.3. The number of carbonyl (C=O) groups is 1. The Morgan fingerprint density at radius 1 is 0.833 bits per heavy atom. The minimum atomic E-state index is 0.640. The summed E-state index contributed by atoms with van der Waals surface area (Å²) in [6.07, 6.45) is 1.69. The van der Waals surface area contributed by atoms with Gasteiger partial charge in [-0.3, -0.25) is 4.79 Å². The van der Waals surface area contributed by atoms with E-state index in [1.165, 1.54) is 5.56 Å². The van der Waals surface area contributed by atoms with Gasteiger partial charge in [-0.1, -0.05) is 72.8 Å². The fourth-order valence-corrected chi connectivity index (χ4v) is 3.04. The normalized spacial score (nSPS) is 10.8. The first-order chi connectivity index (χ1) is 11.8. The molecule has 0 spiro atoms. The Balaban J connectivity index is 1.81. The van der Waals surface area contributed by atoms with E-state index in [0.717, 1.165) is 40.6 Å². The Hall–Kier alpha value is -3.13. The molecular weight excluding hydrogens is 296 g/mol. The van der Waals surface area contributed by atoms with Gasteiger partial charge in [0, 0.05) is 22.9 Å². The Kier molecular flexibility index (Phi) is 3.72. The van der Waals surface area contributed by atoms with Crippen LogP contribution in [-0.2, 0) is 6.42 Å². The first-order valence-corrected chi connectivity index (χ1v) is 7.95. The van der Waals surface area contributed by atoms with E-state index in [-0.39, 0.29) is 0 Å². The maximum atomic E-state index is 11.3. The van der Waals surface area contributed by atoms with E-state index in [2.05, 4.69) is 18.2 Å². The molecule has 24 heavy (non-hydrogen) atoms. The molecule has 0 N–H and O–H groups in total. The van der Waals surface area contributed by atoms with Gasteiger partial charge in [0.2, 0.25) is 0 Å². The van der Waals surface area contributed by atoms with Gasteiger partial charge in [-0.15, -0.1) is 0 Å². The van der Waals surface area contributed by atoms with E-state index in [9.17, 15) is 4.79 Å². The van der Waals surface area contributed by atoms with E-state index in [4.69, 9.17) is 4.42 Å². The minimum absolute atomic E-state index is 0.640. The van der Waals surface area contributed by atoms with Crippen LogP contribution in [0.4, 0.5) is 0 Å². The molecule has 0 radical (unpaired) electrons. The molecular formula is C22H16O2. The van der Waals surface area contributed by atoms with Crippen molar-refractivity contribution in [1.82, 2.24) is 0 Å². The Labute approximate surface area is 140 Å². The molecule has 0 fully saturated rings. The van der Waals surface area contributed by atoms with Crippen molar-refractivity contribution in [3.8, 4) is 11.3 Å². The fraction of sp³-hybridized carbons (Fsp3) is 0.0455. The molecule has 0 amide bonds. The van der Waals surface area contributed by atoms with Crippen LogP contribution in [0.1, 0.15) is 21.5 Å². The van der Waals surface area contributed by atoms with Crippen molar-refractivity contribution in [1.29, 1.82) is 0 Å². The monoisotopic (exact) mass is 312 g/mol. The van der Waals surface area contributed by atoms with E-state index in [1.54, 1.807) is 6.07 Å². The topological polar surface area (TPSA) is 30.2 Å². The smallest absolute Gasteiger partial charge is 0.150 e. The van der Waals surface area contributed by atoms with Crippen molar-refractivity contribution in [2.75, 3.05) is 0 Å². The molecule has 0 saturated carbocycles. The number of rotatable bonds is 4. The highest BCUT2D eigenvalue weighted by Crippen LogP contribution is 2.32. The fourth-order valence-electron chi connectivity index (χ4n) is 3.04. The zero-order chi connectivity index (χ0) is 16.4. The number of aldehydes is 1. The van der Waals surface area contributed by atoms with Crippen molar-refractivity contribution < 1.29 is 9.21 Å². The van der Waals surface area contributed by atoms with Crippen LogP contribution < -0.4 is 0 Å². The molecule has 0 aliphatic carbocycles. The van der Waals surface area contributed by atoms with Gasteiger partial charge in [0.15, 0.2) is 6.29 Å². The summed E-state index contributed by atoms with van der Waals surface area (Å²) in [6.45, 7) is 0. The summed E-state index contributed by atoms with van der Waals surface area (Å²) in [4.78, 5) is 11.3. The van der Waals surface area contributed by atoms with Crippen molar-refractivity contribution in [3.05, 3.63) is 95.6 Å². The standard InChI is InChI=1S/C22H16O2/c23-15-19-9-4-5-12-20(19)21-14-18-11-6-10-17(22(18)24-21)13-16-7-2-1-3-8-16/h1-12,14-15H,13H2. The van der Waals surface area contributed by atoms with Crippen LogP contribution in [0.15, 0.2) is 83.3 Å². The van der Waals surface area contributed by atoms with E-state index in [1.807, 2.05) is 54.6 Å². The summed E-state index contributed by atoms with van der Waals surface area (Å²) >= 11 is 0. The van der Waals surface area contributed by atoms with Crippen molar-refractivity contribution in [2.24, 2.45) is 0 Å². The van der Waals surface area contributed by atoms with Gasteiger partial charge < -0.3 is 4.42 Å². The third kappa shape index (κ3) is 2.63. The number of hydrogen-bond donors (Lipinski definition) is 0. The lowest BCUT2D eigenvalue weighted by atomic mass is 10.0. The lowest BCUT2D eigenvalue weighted by molar-refractivity contribution is 0.112. The molecule has 1 heterocycles. The molecule has 0 bridgehead atoms. The zero-order valence-electron chi connectivity index (χ0n) is 13.1. The summed E-state index contributed by atoms with van der Waals surface area (Å²) in [5.41, 5.74) is 4.75. The van der Waals surface area contributed by atoms with Crippen LogP contribution >= 0.6 is 0 Å². The molecule has 2 heteroatoms. The number of para-hydroxylation sites is 1. The lowest BCUT2D eigenvalue weighted by Crippen LogP contribution is -1.87. The molecule has 2 nitrogen and oxygen atoms in total. The summed E-state index contributed by atoms with van der Waals surface area (Å²) in [5.74, 6) is 0.730. The number of fused-ring (bicyclic) bond motifs is 1. The summed E-state index contributed by atoms with van der Waals surface area (Å²) in [6, 6.07) is 26.0. The first-order valence-electron chi connectivity index (χ1n) is 7.95. The summed E-state index contributed by atoms with van der Waals surface area (Å²) < 4.78 is 6.14. The third-order valence-corrected chi connectivity index (χ3v) is 4.22. The molecule has 0 saturated heterocycles. The summed E-state index contributed by atoms with van der Waals surface area (Å²) in [7, 11) is 0. The SMILES string of the molecule is O=Cc1ccccc1-c1cc2cccc(Cc3ccccc3)c2o1. The van der Waals surface area contributed by atoms with Gasteiger partial charge in [-0.2, -0.15) is 0 Å². The first kappa shape index (κ1) is 14.5. The van der Waals surface area contributed by atoms with Gasteiger partial charge in [-0.25, -0.2) is 0 Å². The number of benzene rings is 3. The van der Waals surface area contributed by atoms with Crippen LogP contribution in [0.2, 0.25) is 0 Å². The molecule has 0 aliphatic heterocycles. The average molecular weight is 312 g/mol. The molecule has 0 atom stereocenters. The highest BCUT2D eigenvalue weighted by Gasteiger charge is 2.12.